The van der Waals surface area contributed by atoms with E-state index < -0.39 is 0 Å². The maximum absolute atomic E-state index is 12.1. The van der Waals surface area contributed by atoms with Gasteiger partial charge in [-0.25, -0.2) is 4.79 Å². The number of carbonyl (C=O) groups is 1. The molecule has 1 fully saturated rings. The van der Waals surface area contributed by atoms with Crippen molar-refractivity contribution in [2.24, 2.45) is 5.92 Å². The molecule has 0 radical (unpaired) electrons. The van der Waals surface area contributed by atoms with Gasteiger partial charge in [0, 0.05) is 19.1 Å². The average molecular weight is 256 g/mol. The van der Waals surface area contributed by atoms with Crippen LogP contribution in [0.4, 0.5) is 4.79 Å². The van der Waals surface area contributed by atoms with Gasteiger partial charge in [0.25, 0.3) is 0 Å². The van der Waals surface area contributed by atoms with E-state index in [0.717, 1.165) is 25.9 Å². The van der Waals surface area contributed by atoms with Crippen LogP contribution in [-0.2, 0) is 4.74 Å². The van der Waals surface area contributed by atoms with Crippen molar-refractivity contribution in [1.82, 2.24) is 10.2 Å². The normalized spacial score (nSPS) is 23.2. The summed E-state index contributed by atoms with van der Waals surface area (Å²) in [6.07, 6.45) is 1.82. The van der Waals surface area contributed by atoms with Crippen LogP contribution in [-0.4, -0.2) is 42.3 Å². The Kier molecular flexibility index (Phi) is 5.45. The Labute approximate surface area is 111 Å². The van der Waals surface area contributed by atoms with Gasteiger partial charge in [-0.15, -0.1) is 0 Å². The van der Waals surface area contributed by atoms with E-state index in [1.165, 1.54) is 0 Å². The Morgan fingerprint density at radius 3 is 2.72 bits per heavy atom. The molecule has 0 aromatic rings. The maximum Gasteiger partial charge on any atom is 0.410 e. The first kappa shape index (κ1) is 15.3. The second-order valence-electron chi connectivity index (χ2n) is 6.12. The smallest absolute Gasteiger partial charge is 0.410 e. The minimum absolute atomic E-state index is 0.166. The van der Waals surface area contributed by atoms with E-state index >= 15 is 0 Å². The summed E-state index contributed by atoms with van der Waals surface area (Å²) in [6.45, 7) is 12.7. The molecule has 106 valence electrons. The van der Waals surface area contributed by atoms with Crippen LogP contribution in [0.25, 0.3) is 0 Å². The second-order valence-corrected chi connectivity index (χ2v) is 6.12. The molecule has 1 amide bonds. The van der Waals surface area contributed by atoms with Crippen molar-refractivity contribution >= 4 is 6.09 Å². The molecule has 1 rings (SSSR count). The van der Waals surface area contributed by atoms with Crippen LogP contribution in [0.3, 0.4) is 0 Å². The highest BCUT2D eigenvalue weighted by Crippen LogP contribution is 2.22. The fourth-order valence-corrected chi connectivity index (χ4v) is 2.13. The summed E-state index contributed by atoms with van der Waals surface area (Å²) >= 11 is 0. The molecule has 4 heteroatoms. The molecule has 0 aromatic carbocycles. The number of rotatable bonds is 4. The van der Waals surface area contributed by atoms with Gasteiger partial charge in [0.1, 0.15) is 0 Å². The van der Waals surface area contributed by atoms with Crippen molar-refractivity contribution in [3.05, 3.63) is 0 Å². The fraction of sp³-hybridized carbons (Fsp3) is 0.929. The Balaban J connectivity index is 2.60. The lowest BCUT2D eigenvalue weighted by molar-refractivity contribution is 0.0317. The molecule has 1 aliphatic heterocycles. The van der Waals surface area contributed by atoms with Crippen LogP contribution in [0, 0.1) is 5.92 Å². The van der Waals surface area contributed by atoms with E-state index in [1.54, 1.807) is 0 Å². The zero-order chi connectivity index (χ0) is 13.8. The molecule has 1 N–H and O–H groups in total. The van der Waals surface area contributed by atoms with Crippen LogP contribution in [0.15, 0.2) is 0 Å². The van der Waals surface area contributed by atoms with Crippen molar-refractivity contribution in [3.63, 3.8) is 0 Å². The minimum atomic E-state index is -0.172. The molecule has 1 heterocycles. The number of carbonyl (C=O) groups excluding carboxylic acids is 1. The summed E-state index contributed by atoms with van der Waals surface area (Å²) in [5.41, 5.74) is -0.172. The summed E-state index contributed by atoms with van der Waals surface area (Å²) in [6, 6.07) is 0.358. The Hall–Kier alpha value is -0.770. The molecule has 1 aliphatic rings. The Morgan fingerprint density at radius 1 is 1.50 bits per heavy atom. The fourth-order valence-electron chi connectivity index (χ4n) is 2.13. The molecular weight excluding hydrogens is 228 g/mol. The lowest BCUT2D eigenvalue weighted by Crippen LogP contribution is -2.64. The summed E-state index contributed by atoms with van der Waals surface area (Å²) in [5, 5.41) is 3.51. The van der Waals surface area contributed by atoms with Crippen molar-refractivity contribution in [3.8, 4) is 0 Å². The Morgan fingerprint density at radius 2 is 2.17 bits per heavy atom. The molecule has 0 saturated carbocycles. The molecule has 1 unspecified atom stereocenters. The van der Waals surface area contributed by atoms with Crippen LogP contribution in [0.2, 0.25) is 0 Å². The largest absolute Gasteiger partial charge is 0.449 e. The number of piperazine rings is 1. The monoisotopic (exact) mass is 256 g/mol. The summed E-state index contributed by atoms with van der Waals surface area (Å²) in [4.78, 5) is 14.0. The van der Waals surface area contributed by atoms with Gasteiger partial charge in [0.05, 0.1) is 12.1 Å². The van der Waals surface area contributed by atoms with Crippen LogP contribution in [0.5, 0.6) is 0 Å². The quantitative estimate of drug-likeness (QED) is 0.786. The zero-order valence-corrected chi connectivity index (χ0v) is 12.5. The van der Waals surface area contributed by atoms with Gasteiger partial charge in [-0.2, -0.15) is 0 Å². The van der Waals surface area contributed by atoms with Gasteiger partial charge in [0.2, 0.25) is 0 Å². The molecule has 0 aliphatic carbocycles. The van der Waals surface area contributed by atoms with Crippen LogP contribution < -0.4 is 5.32 Å². The van der Waals surface area contributed by atoms with Crippen LogP contribution >= 0.6 is 0 Å². The van der Waals surface area contributed by atoms with E-state index in [-0.39, 0.29) is 11.6 Å². The van der Waals surface area contributed by atoms with Gasteiger partial charge in [-0.3, -0.25) is 0 Å². The lowest BCUT2D eigenvalue weighted by Gasteiger charge is -2.46. The highest BCUT2D eigenvalue weighted by molar-refractivity contribution is 5.69. The standard InChI is InChI=1S/C14H28N2O2/c1-6-7-8-18-13(17)16-9-12(11(2)3)15-10-14(16,4)5/h11-12,15H,6-10H2,1-5H3. The molecule has 0 spiro atoms. The lowest BCUT2D eigenvalue weighted by atomic mass is 9.93. The van der Waals surface area contributed by atoms with E-state index in [9.17, 15) is 4.79 Å². The first-order valence-corrected chi connectivity index (χ1v) is 7.06. The number of unbranched alkanes of at least 4 members (excludes halogenated alkanes) is 1. The van der Waals surface area contributed by atoms with Gasteiger partial charge in [-0.1, -0.05) is 27.2 Å². The number of ether oxygens (including phenoxy) is 1. The highest BCUT2D eigenvalue weighted by atomic mass is 16.6. The minimum Gasteiger partial charge on any atom is -0.449 e. The third-order valence-electron chi connectivity index (χ3n) is 3.66. The van der Waals surface area contributed by atoms with Gasteiger partial charge in [-0.05, 0) is 26.2 Å². The average Bonchev–Trinajstić information content (AvgIpc) is 2.28. The number of hydrogen-bond donors (Lipinski definition) is 1. The molecule has 1 atom stereocenters. The molecule has 0 bridgehead atoms. The summed E-state index contributed by atoms with van der Waals surface area (Å²) < 4.78 is 5.34. The van der Waals surface area contributed by atoms with Gasteiger partial charge >= 0.3 is 6.09 Å². The number of amides is 1. The number of nitrogens with one attached hydrogen (secondary N) is 1. The highest BCUT2D eigenvalue weighted by Gasteiger charge is 2.38. The summed E-state index contributed by atoms with van der Waals surface area (Å²) in [5.74, 6) is 0.520. The molecule has 4 nitrogen and oxygen atoms in total. The molecule has 0 aromatic heterocycles. The van der Waals surface area contributed by atoms with Crippen molar-refractivity contribution in [1.29, 1.82) is 0 Å². The van der Waals surface area contributed by atoms with Crippen molar-refractivity contribution in [2.75, 3.05) is 19.7 Å². The van der Waals surface area contributed by atoms with E-state index in [4.69, 9.17) is 4.74 Å². The van der Waals surface area contributed by atoms with E-state index in [2.05, 4.69) is 39.9 Å². The third-order valence-corrected chi connectivity index (χ3v) is 3.66. The van der Waals surface area contributed by atoms with E-state index in [0.29, 0.717) is 18.6 Å². The second kappa shape index (κ2) is 6.41. The molecule has 18 heavy (non-hydrogen) atoms. The number of nitrogens with zero attached hydrogens (tertiary/aromatic N) is 1. The number of hydrogen-bond acceptors (Lipinski definition) is 3. The SMILES string of the molecule is CCCCOC(=O)N1CC(C(C)C)NCC1(C)C. The molecular formula is C14H28N2O2. The van der Waals surface area contributed by atoms with E-state index in [1.807, 2.05) is 4.90 Å². The topological polar surface area (TPSA) is 41.6 Å². The van der Waals surface area contributed by atoms with Crippen molar-refractivity contribution < 1.29 is 9.53 Å². The Bertz CT molecular complexity index is 277. The van der Waals surface area contributed by atoms with Gasteiger partial charge < -0.3 is 15.0 Å². The maximum atomic E-state index is 12.1. The predicted molar refractivity (Wildman–Crippen MR) is 73.7 cm³/mol. The first-order chi connectivity index (χ1) is 8.38. The predicted octanol–water partition coefficient (Wildman–Crippen LogP) is 2.63. The zero-order valence-electron chi connectivity index (χ0n) is 12.5. The first-order valence-electron chi connectivity index (χ1n) is 7.06. The third kappa shape index (κ3) is 3.87. The van der Waals surface area contributed by atoms with Crippen molar-refractivity contribution in [2.45, 2.75) is 59.0 Å². The molecule has 1 saturated heterocycles. The summed E-state index contributed by atoms with van der Waals surface area (Å²) in [7, 11) is 0. The van der Waals surface area contributed by atoms with Crippen LogP contribution in [0.1, 0.15) is 47.5 Å². The van der Waals surface area contributed by atoms with Gasteiger partial charge in [0.15, 0.2) is 0 Å².